The van der Waals surface area contributed by atoms with Crippen LogP contribution in [0.3, 0.4) is 0 Å². The summed E-state index contributed by atoms with van der Waals surface area (Å²) in [5, 5.41) is 2.75. The molecule has 4 nitrogen and oxygen atoms in total. The smallest absolute Gasteiger partial charge is 0.244 e. The van der Waals surface area contributed by atoms with Gasteiger partial charge in [0.25, 0.3) is 0 Å². The summed E-state index contributed by atoms with van der Waals surface area (Å²) in [6, 6.07) is 5.55. The number of carbonyl (C=O) groups is 1. The monoisotopic (exact) mass is 245 g/mol. The highest BCUT2D eigenvalue weighted by atomic mass is 16.7. The predicted molar refractivity (Wildman–Crippen MR) is 69.4 cm³/mol. The van der Waals surface area contributed by atoms with Crippen molar-refractivity contribution in [3.8, 4) is 11.5 Å². The van der Waals surface area contributed by atoms with E-state index >= 15 is 0 Å². The molecule has 0 saturated carbocycles. The third-order valence-corrected chi connectivity index (χ3v) is 2.47. The molecule has 0 atom stereocenters. The van der Waals surface area contributed by atoms with Gasteiger partial charge in [-0.2, -0.15) is 0 Å². The average Bonchev–Trinajstić information content (AvgIpc) is 2.84. The number of amides is 1. The van der Waals surface area contributed by atoms with Crippen molar-refractivity contribution in [1.29, 1.82) is 0 Å². The van der Waals surface area contributed by atoms with Gasteiger partial charge >= 0.3 is 0 Å². The summed E-state index contributed by atoms with van der Waals surface area (Å²) in [6.45, 7) is 4.45. The minimum absolute atomic E-state index is 0.116. The summed E-state index contributed by atoms with van der Waals surface area (Å²) in [6.07, 6.45) is 5.78. The summed E-state index contributed by atoms with van der Waals surface area (Å²) in [4.78, 5) is 11.4. The van der Waals surface area contributed by atoms with E-state index in [0.717, 1.165) is 17.7 Å². The highest BCUT2D eigenvalue weighted by Gasteiger charge is 2.12. The van der Waals surface area contributed by atoms with Crippen molar-refractivity contribution in [2.75, 3.05) is 13.3 Å². The van der Waals surface area contributed by atoms with Gasteiger partial charge in [-0.1, -0.05) is 12.1 Å². The molecule has 1 heterocycles. The largest absolute Gasteiger partial charge is 0.454 e. The number of hydrogen-bond donors (Lipinski definition) is 1. The van der Waals surface area contributed by atoms with Crippen LogP contribution in [0.2, 0.25) is 0 Å². The molecule has 4 heteroatoms. The van der Waals surface area contributed by atoms with Crippen LogP contribution >= 0.6 is 0 Å². The normalized spacial score (nSPS) is 12.7. The van der Waals surface area contributed by atoms with Crippen LogP contribution in [0, 0.1) is 0 Å². The van der Waals surface area contributed by atoms with E-state index in [1.165, 1.54) is 6.08 Å². The van der Waals surface area contributed by atoms with Gasteiger partial charge in [0, 0.05) is 12.6 Å². The van der Waals surface area contributed by atoms with Crippen molar-refractivity contribution >= 4 is 12.0 Å². The maximum Gasteiger partial charge on any atom is 0.244 e. The molecule has 94 valence electrons. The number of hydrogen-bond acceptors (Lipinski definition) is 3. The zero-order valence-corrected chi connectivity index (χ0v) is 10.0. The van der Waals surface area contributed by atoms with Gasteiger partial charge in [0.2, 0.25) is 12.7 Å². The lowest BCUT2D eigenvalue weighted by atomic mass is 10.2. The van der Waals surface area contributed by atoms with E-state index in [1.807, 2.05) is 18.2 Å². The average molecular weight is 245 g/mol. The topological polar surface area (TPSA) is 47.6 Å². The van der Waals surface area contributed by atoms with E-state index in [1.54, 1.807) is 12.2 Å². The van der Waals surface area contributed by atoms with Gasteiger partial charge in [0.1, 0.15) is 0 Å². The fraction of sp³-hybridized carbons (Fsp3) is 0.214. The Morgan fingerprint density at radius 3 is 3.06 bits per heavy atom. The molecule has 0 spiro atoms. The standard InChI is InChI=1S/C14H15NO3/c1-2-3-8-15-14(16)7-5-11-4-6-12-13(9-11)18-10-17-12/h2,4-7,9H,1,3,8,10H2,(H,15,16)/b7-5+. The quantitative estimate of drug-likeness (QED) is 0.491. The van der Waals surface area contributed by atoms with Gasteiger partial charge in [0.05, 0.1) is 0 Å². The van der Waals surface area contributed by atoms with E-state index in [2.05, 4.69) is 11.9 Å². The highest BCUT2D eigenvalue weighted by Crippen LogP contribution is 2.32. The second-order valence-electron chi connectivity index (χ2n) is 3.81. The van der Waals surface area contributed by atoms with E-state index in [4.69, 9.17) is 9.47 Å². The lowest BCUT2D eigenvalue weighted by Crippen LogP contribution is -2.21. The molecule has 2 rings (SSSR count). The van der Waals surface area contributed by atoms with Crippen LogP contribution < -0.4 is 14.8 Å². The van der Waals surface area contributed by atoms with Gasteiger partial charge in [0.15, 0.2) is 11.5 Å². The maximum atomic E-state index is 11.4. The SMILES string of the molecule is C=CCCNC(=O)/C=C/c1ccc2c(c1)OCO2. The molecule has 1 aliphatic heterocycles. The first-order valence-electron chi connectivity index (χ1n) is 5.76. The summed E-state index contributed by atoms with van der Waals surface area (Å²) < 4.78 is 10.5. The Balaban J connectivity index is 1.92. The molecule has 0 saturated heterocycles. The Labute approximate surface area is 106 Å². The van der Waals surface area contributed by atoms with E-state index in [-0.39, 0.29) is 12.7 Å². The third-order valence-electron chi connectivity index (χ3n) is 2.47. The van der Waals surface area contributed by atoms with Crippen molar-refractivity contribution in [2.24, 2.45) is 0 Å². The molecule has 1 aromatic carbocycles. The van der Waals surface area contributed by atoms with Crippen molar-refractivity contribution in [1.82, 2.24) is 5.32 Å². The summed E-state index contributed by atoms with van der Waals surface area (Å²) in [5.74, 6) is 1.33. The molecule has 1 aliphatic rings. The van der Waals surface area contributed by atoms with Gasteiger partial charge in [-0.3, -0.25) is 4.79 Å². The van der Waals surface area contributed by atoms with Gasteiger partial charge in [-0.05, 0) is 30.2 Å². The zero-order chi connectivity index (χ0) is 12.8. The summed E-state index contributed by atoms with van der Waals surface area (Å²) in [7, 11) is 0. The third kappa shape index (κ3) is 3.13. The number of rotatable bonds is 5. The second kappa shape index (κ2) is 5.91. The minimum atomic E-state index is -0.116. The van der Waals surface area contributed by atoms with Crippen molar-refractivity contribution in [2.45, 2.75) is 6.42 Å². The van der Waals surface area contributed by atoms with Crippen LogP contribution in [0.15, 0.2) is 36.9 Å². The Hall–Kier alpha value is -2.23. The van der Waals surface area contributed by atoms with E-state index in [9.17, 15) is 4.79 Å². The molecule has 0 aliphatic carbocycles. The lowest BCUT2D eigenvalue weighted by Gasteiger charge is -1.99. The van der Waals surface area contributed by atoms with E-state index in [0.29, 0.717) is 12.3 Å². The molecule has 18 heavy (non-hydrogen) atoms. The van der Waals surface area contributed by atoms with Crippen LogP contribution in [0.5, 0.6) is 11.5 Å². The molecule has 0 radical (unpaired) electrons. The predicted octanol–water partition coefficient (Wildman–Crippen LogP) is 2.12. The first kappa shape index (κ1) is 12.2. The van der Waals surface area contributed by atoms with Gasteiger partial charge < -0.3 is 14.8 Å². The number of ether oxygens (including phenoxy) is 2. The Kier molecular flexibility index (Phi) is 4.02. The van der Waals surface area contributed by atoms with Gasteiger partial charge in [-0.25, -0.2) is 0 Å². The maximum absolute atomic E-state index is 11.4. The zero-order valence-electron chi connectivity index (χ0n) is 10.0. The van der Waals surface area contributed by atoms with Gasteiger partial charge in [-0.15, -0.1) is 6.58 Å². The molecule has 0 unspecified atom stereocenters. The van der Waals surface area contributed by atoms with Crippen molar-refractivity contribution in [3.63, 3.8) is 0 Å². The van der Waals surface area contributed by atoms with Crippen LogP contribution in [0.1, 0.15) is 12.0 Å². The minimum Gasteiger partial charge on any atom is -0.454 e. The van der Waals surface area contributed by atoms with Crippen LogP contribution in [0.25, 0.3) is 6.08 Å². The highest BCUT2D eigenvalue weighted by molar-refractivity contribution is 5.91. The van der Waals surface area contributed by atoms with E-state index < -0.39 is 0 Å². The molecule has 0 aromatic heterocycles. The number of benzene rings is 1. The Morgan fingerprint density at radius 2 is 2.22 bits per heavy atom. The molecular weight excluding hydrogens is 230 g/mol. The first-order valence-corrected chi connectivity index (χ1v) is 5.76. The number of carbonyl (C=O) groups excluding carboxylic acids is 1. The molecule has 1 N–H and O–H groups in total. The Morgan fingerprint density at radius 1 is 1.39 bits per heavy atom. The lowest BCUT2D eigenvalue weighted by molar-refractivity contribution is -0.116. The molecule has 0 fully saturated rings. The summed E-state index contributed by atoms with van der Waals surface area (Å²) in [5.41, 5.74) is 0.901. The molecular formula is C14H15NO3. The van der Waals surface area contributed by atoms with Crippen LogP contribution in [-0.4, -0.2) is 19.2 Å². The molecule has 1 amide bonds. The number of nitrogens with one attached hydrogen (secondary N) is 1. The molecule has 0 bridgehead atoms. The van der Waals surface area contributed by atoms with Crippen molar-refractivity contribution in [3.05, 3.63) is 42.5 Å². The van der Waals surface area contributed by atoms with Crippen molar-refractivity contribution < 1.29 is 14.3 Å². The first-order chi connectivity index (χ1) is 8.79. The summed E-state index contributed by atoms with van der Waals surface area (Å²) >= 11 is 0. The second-order valence-corrected chi connectivity index (χ2v) is 3.81. The number of fused-ring (bicyclic) bond motifs is 1. The fourth-order valence-electron chi connectivity index (χ4n) is 1.55. The molecule has 1 aromatic rings. The van der Waals surface area contributed by atoms with Crippen LogP contribution in [-0.2, 0) is 4.79 Å². The van der Waals surface area contributed by atoms with Crippen LogP contribution in [0.4, 0.5) is 0 Å². The Bertz CT molecular complexity index is 480. The fourth-order valence-corrected chi connectivity index (χ4v) is 1.55.